The highest BCUT2D eigenvalue weighted by Crippen LogP contribution is 2.42. The Labute approximate surface area is 201 Å². The van der Waals surface area contributed by atoms with Crippen molar-refractivity contribution in [2.45, 2.75) is 26.7 Å². The molecule has 0 saturated carbocycles. The maximum absolute atomic E-state index is 13.4. The Kier molecular flexibility index (Phi) is 6.03. The molecule has 0 saturated heterocycles. The van der Waals surface area contributed by atoms with Crippen LogP contribution >= 0.6 is 23.2 Å². The fourth-order valence-corrected chi connectivity index (χ4v) is 4.44. The van der Waals surface area contributed by atoms with Gasteiger partial charge in [0.25, 0.3) is 5.91 Å². The van der Waals surface area contributed by atoms with Crippen LogP contribution in [0.4, 0.5) is 5.69 Å². The van der Waals surface area contributed by atoms with Crippen LogP contribution in [0, 0.1) is 25.2 Å². The summed E-state index contributed by atoms with van der Waals surface area (Å²) >= 11 is 12.6. The maximum Gasteiger partial charge on any atom is 0.255 e. The molecule has 2 aromatic carbocycles. The number of hydrogen-bond donors (Lipinski definition) is 2. The van der Waals surface area contributed by atoms with Gasteiger partial charge in [-0.2, -0.15) is 5.26 Å². The molecule has 166 valence electrons. The summed E-state index contributed by atoms with van der Waals surface area (Å²) in [6.45, 7) is 5.57. The smallest absolute Gasteiger partial charge is 0.255 e. The van der Waals surface area contributed by atoms with Crippen molar-refractivity contribution in [1.29, 1.82) is 5.26 Å². The van der Waals surface area contributed by atoms with Gasteiger partial charge in [0.15, 0.2) is 0 Å². The molecule has 2 heterocycles. The predicted molar refractivity (Wildman–Crippen MR) is 130 cm³/mol. The number of benzene rings is 2. The molecule has 4 rings (SSSR count). The van der Waals surface area contributed by atoms with Crippen molar-refractivity contribution < 1.29 is 9.53 Å². The fourth-order valence-electron chi connectivity index (χ4n) is 4.07. The van der Waals surface area contributed by atoms with Crippen LogP contribution in [-0.2, 0) is 9.53 Å². The Morgan fingerprint density at radius 1 is 1.15 bits per heavy atom. The number of allylic oxidation sites excluding steroid dienone is 2. The van der Waals surface area contributed by atoms with Gasteiger partial charge in [-0.1, -0.05) is 34.8 Å². The van der Waals surface area contributed by atoms with Crippen LogP contribution in [-0.4, -0.2) is 10.9 Å². The number of fused-ring (bicyclic) bond motifs is 1. The summed E-state index contributed by atoms with van der Waals surface area (Å²) in [5.41, 5.74) is 10.2. The number of carbonyl (C=O) groups excluding carboxylic acids is 1. The molecule has 6 nitrogen and oxygen atoms in total. The Hall–Kier alpha value is -3.53. The van der Waals surface area contributed by atoms with Crippen LogP contribution in [0.25, 0.3) is 10.9 Å². The van der Waals surface area contributed by atoms with E-state index in [1.165, 1.54) is 0 Å². The number of nitrogens with one attached hydrogen (secondary N) is 1. The number of nitriles is 1. The molecule has 3 aromatic rings. The number of rotatable bonds is 3. The second kappa shape index (κ2) is 8.78. The first-order valence-electron chi connectivity index (χ1n) is 10.1. The number of carbonyl (C=O) groups is 1. The lowest BCUT2D eigenvalue weighted by Crippen LogP contribution is -2.28. The number of amides is 1. The molecule has 1 unspecified atom stereocenters. The minimum Gasteiger partial charge on any atom is -0.445 e. The van der Waals surface area contributed by atoms with E-state index < -0.39 is 11.8 Å². The van der Waals surface area contributed by atoms with Gasteiger partial charge in [0.1, 0.15) is 22.6 Å². The number of aryl methyl sites for hydroxylation is 2. The van der Waals surface area contributed by atoms with Crippen LogP contribution < -0.4 is 11.1 Å². The maximum atomic E-state index is 13.4. The molecule has 0 bridgehead atoms. The van der Waals surface area contributed by atoms with Crippen molar-refractivity contribution in [3.05, 3.63) is 92.1 Å². The largest absolute Gasteiger partial charge is 0.445 e. The van der Waals surface area contributed by atoms with Crippen LogP contribution in [0.5, 0.6) is 0 Å². The summed E-state index contributed by atoms with van der Waals surface area (Å²) in [5.74, 6) is -1.09. The van der Waals surface area contributed by atoms with Crippen molar-refractivity contribution in [3.8, 4) is 6.07 Å². The van der Waals surface area contributed by atoms with Crippen LogP contribution in [0.3, 0.4) is 0 Å². The molecule has 0 aliphatic carbocycles. The normalized spacial score (nSPS) is 15.9. The average Bonchev–Trinajstić information content (AvgIpc) is 2.75. The highest BCUT2D eigenvalue weighted by molar-refractivity contribution is 6.31. The molecule has 1 aliphatic heterocycles. The van der Waals surface area contributed by atoms with E-state index in [2.05, 4.69) is 16.4 Å². The summed E-state index contributed by atoms with van der Waals surface area (Å²) in [4.78, 5) is 18.0. The van der Waals surface area contributed by atoms with Gasteiger partial charge in [0.2, 0.25) is 5.88 Å². The number of aromatic nitrogens is 1. The summed E-state index contributed by atoms with van der Waals surface area (Å²) in [6.07, 6.45) is 0. The molecule has 33 heavy (non-hydrogen) atoms. The molecule has 3 N–H and O–H groups in total. The first kappa shape index (κ1) is 22.7. The molecule has 1 aliphatic rings. The first-order chi connectivity index (χ1) is 15.7. The monoisotopic (exact) mass is 478 g/mol. The molecule has 1 amide bonds. The van der Waals surface area contributed by atoms with Crippen molar-refractivity contribution in [1.82, 2.24) is 4.98 Å². The Morgan fingerprint density at radius 3 is 2.52 bits per heavy atom. The van der Waals surface area contributed by atoms with Gasteiger partial charge in [-0.3, -0.25) is 4.79 Å². The average molecular weight is 479 g/mol. The van der Waals surface area contributed by atoms with E-state index >= 15 is 0 Å². The highest BCUT2D eigenvalue weighted by Gasteiger charge is 2.37. The van der Waals surface area contributed by atoms with Crippen LogP contribution in [0.2, 0.25) is 10.2 Å². The van der Waals surface area contributed by atoms with Gasteiger partial charge < -0.3 is 15.8 Å². The van der Waals surface area contributed by atoms with E-state index in [0.717, 1.165) is 22.0 Å². The van der Waals surface area contributed by atoms with Crippen molar-refractivity contribution in [3.63, 3.8) is 0 Å². The second-order valence-corrected chi connectivity index (χ2v) is 8.67. The molecule has 0 radical (unpaired) electrons. The van der Waals surface area contributed by atoms with Gasteiger partial charge in [0, 0.05) is 21.7 Å². The molecule has 8 heteroatoms. The summed E-state index contributed by atoms with van der Waals surface area (Å²) in [7, 11) is 0. The zero-order chi connectivity index (χ0) is 23.9. The molecule has 1 aromatic heterocycles. The van der Waals surface area contributed by atoms with Gasteiger partial charge in [-0.05, 0) is 62.7 Å². The Bertz CT molecular complexity index is 1400. The molecule has 0 spiro atoms. The molecular weight excluding hydrogens is 459 g/mol. The fraction of sp³-hybridized carbons (Fsp3) is 0.160. The Balaban J connectivity index is 1.87. The van der Waals surface area contributed by atoms with Gasteiger partial charge in [-0.25, -0.2) is 4.98 Å². The lowest BCUT2D eigenvalue weighted by atomic mass is 9.82. The molecule has 1 atom stereocenters. The van der Waals surface area contributed by atoms with Crippen molar-refractivity contribution in [2.24, 2.45) is 5.73 Å². The lowest BCUT2D eigenvalue weighted by molar-refractivity contribution is -0.113. The lowest BCUT2D eigenvalue weighted by Gasteiger charge is -2.28. The number of ether oxygens (including phenoxy) is 1. The summed E-state index contributed by atoms with van der Waals surface area (Å²) in [5, 5.41) is 14.3. The minimum atomic E-state index is -0.846. The van der Waals surface area contributed by atoms with Crippen LogP contribution in [0.15, 0.2) is 65.3 Å². The van der Waals surface area contributed by atoms with Gasteiger partial charge >= 0.3 is 0 Å². The summed E-state index contributed by atoms with van der Waals surface area (Å²) in [6, 6.07) is 14.6. The number of pyridine rings is 1. The highest BCUT2D eigenvalue weighted by atomic mass is 35.5. The van der Waals surface area contributed by atoms with Crippen molar-refractivity contribution in [2.75, 3.05) is 5.32 Å². The van der Waals surface area contributed by atoms with E-state index in [9.17, 15) is 10.1 Å². The third-order valence-electron chi connectivity index (χ3n) is 5.50. The third-order valence-corrected chi connectivity index (χ3v) is 6.05. The van der Waals surface area contributed by atoms with E-state index in [4.69, 9.17) is 33.7 Å². The summed E-state index contributed by atoms with van der Waals surface area (Å²) < 4.78 is 5.57. The van der Waals surface area contributed by atoms with Gasteiger partial charge in [-0.15, -0.1) is 0 Å². The standard InChI is InChI=1S/C25H20Cl2N4O2/c1-12-8-13(2)22-15(9-12)10-18(23(27)31-22)21-19(11-28)24(29)33-14(3)20(21)25(32)30-17-6-4-16(26)5-7-17/h4-10,21H,29H2,1-3H3,(H,30,32). The number of nitrogens with two attached hydrogens (primary N) is 1. The van der Waals surface area contributed by atoms with Gasteiger partial charge in [0.05, 0.1) is 17.0 Å². The van der Waals surface area contributed by atoms with E-state index in [0.29, 0.717) is 16.3 Å². The third kappa shape index (κ3) is 4.25. The SMILES string of the molecule is CC1=C(C(=O)Nc2ccc(Cl)cc2)C(c2cc3cc(C)cc(C)c3nc2Cl)C(C#N)=C(N)O1. The number of nitrogens with zero attached hydrogens (tertiary/aromatic N) is 2. The van der Waals surface area contributed by atoms with E-state index in [1.54, 1.807) is 31.2 Å². The Morgan fingerprint density at radius 2 is 1.85 bits per heavy atom. The van der Waals surface area contributed by atoms with E-state index in [1.807, 2.05) is 32.0 Å². The number of anilines is 1. The quantitative estimate of drug-likeness (QED) is 0.457. The molecular formula is C25H20Cl2N4O2. The van der Waals surface area contributed by atoms with Crippen LogP contribution in [0.1, 0.15) is 29.5 Å². The number of halogens is 2. The topological polar surface area (TPSA) is 101 Å². The van der Waals surface area contributed by atoms with E-state index in [-0.39, 0.29) is 27.9 Å². The zero-order valence-electron chi connectivity index (χ0n) is 18.2. The predicted octanol–water partition coefficient (Wildman–Crippen LogP) is 5.88. The zero-order valence-corrected chi connectivity index (χ0v) is 19.7. The minimum absolute atomic E-state index is 0.0698. The molecule has 0 fully saturated rings. The first-order valence-corrected chi connectivity index (χ1v) is 10.9. The second-order valence-electron chi connectivity index (χ2n) is 7.88. The number of hydrogen-bond acceptors (Lipinski definition) is 5. The van der Waals surface area contributed by atoms with Crippen molar-refractivity contribution >= 4 is 45.7 Å².